The van der Waals surface area contributed by atoms with Crippen LogP contribution in [0.3, 0.4) is 0 Å². The molecule has 1 aromatic carbocycles. The Kier molecular flexibility index (Phi) is 5.89. The monoisotopic (exact) mass is 420 g/mol. The molecule has 0 aliphatic carbocycles. The second-order valence-electron chi connectivity index (χ2n) is 6.72. The van der Waals surface area contributed by atoms with Crippen LogP contribution in [0.1, 0.15) is 16.9 Å². The van der Waals surface area contributed by atoms with E-state index < -0.39 is 0 Å². The highest BCUT2D eigenvalue weighted by atomic mass is 32.2. The number of benzene rings is 1. The maximum atomic E-state index is 12.5. The van der Waals surface area contributed by atoms with Crippen molar-refractivity contribution >= 4 is 23.4 Å². The molecule has 0 aliphatic rings. The number of nitrogens with zero attached hydrogens (tertiary/aromatic N) is 5. The molecular formula is C21H20N6O2S. The smallest absolute Gasteiger partial charge is 0.234 e. The molecule has 0 unspecified atom stereocenters. The summed E-state index contributed by atoms with van der Waals surface area (Å²) in [6.07, 6.45) is 6.45. The molecule has 9 heteroatoms. The SMILES string of the molecule is Cc1ccc(C)c(NC(=O)CSc2nnc(-c3cnccn3)n2Cc2ccco2)c1. The predicted octanol–water partition coefficient (Wildman–Crippen LogP) is 3.72. The molecule has 1 amide bonds. The van der Waals surface area contributed by atoms with E-state index in [4.69, 9.17) is 4.42 Å². The summed E-state index contributed by atoms with van der Waals surface area (Å²) in [7, 11) is 0. The van der Waals surface area contributed by atoms with Crippen molar-refractivity contribution in [3.63, 3.8) is 0 Å². The lowest BCUT2D eigenvalue weighted by molar-refractivity contribution is -0.113. The lowest BCUT2D eigenvalue weighted by Crippen LogP contribution is -2.15. The van der Waals surface area contributed by atoms with Crippen LogP contribution in [0.15, 0.2) is 64.8 Å². The Bertz CT molecular complexity index is 1140. The molecular weight excluding hydrogens is 400 g/mol. The summed E-state index contributed by atoms with van der Waals surface area (Å²) in [5.74, 6) is 1.41. The normalized spacial score (nSPS) is 10.9. The van der Waals surface area contributed by atoms with Crippen LogP contribution >= 0.6 is 11.8 Å². The molecule has 4 aromatic rings. The molecule has 0 saturated carbocycles. The van der Waals surface area contributed by atoms with Crippen molar-refractivity contribution < 1.29 is 9.21 Å². The standard InChI is InChI=1S/C21H20N6O2S/c1-14-5-6-15(2)17(10-14)24-19(28)13-30-21-26-25-20(18-11-22-7-8-23-18)27(21)12-16-4-3-9-29-16/h3-11H,12-13H2,1-2H3,(H,24,28). The lowest BCUT2D eigenvalue weighted by Gasteiger charge is -2.10. The highest BCUT2D eigenvalue weighted by molar-refractivity contribution is 7.99. The van der Waals surface area contributed by atoms with Crippen LogP contribution in [0.4, 0.5) is 5.69 Å². The summed E-state index contributed by atoms with van der Waals surface area (Å²) < 4.78 is 7.35. The molecule has 0 aliphatic heterocycles. The van der Waals surface area contributed by atoms with Crippen molar-refractivity contribution in [2.24, 2.45) is 0 Å². The fourth-order valence-corrected chi connectivity index (χ4v) is 3.63. The van der Waals surface area contributed by atoms with Crippen LogP contribution in [0, 0.1) is 13.8 Å². The highest BCUT2D eigenvalue weighted by Gasteiger charge is 2.18. The molecule has 30 heavy (non-hydrogen) atoms. The first kappa shape index (κ1) is 19.8. The van der Waals surface area contributed by atoms with Gasteiger partial charge in [0.1, 0.15) is 11.5 Å². The molecule has 0 fully saturated rings. The summed E-state index contributed by atoms with van der Waals surface area (Å²) in [6.45, 7) is 4.39. The molecule has 8 nitrogen and oxygen atoms in total. The second kappa shape index (κ2) is 8.91. The van der Waals surface area contributed by atoms with Gasteiger partial charge in [-0.15, -0.1) is 10.2 Å². The average Bonchev–Trinajstić information content (AvgIpc) is 3.40. The van der Waals surface area contributed by atoms with Crippen LogP contribution in [0.2, 0.25) is 0 Å². The highest BCUT2D eigenvalue weighted by Crippen LogP contribution is 2.24. The number of amides is 1. The number of furan rings is 1. The van der Waals surface area contributed by atoms with Crippen LogP contribution in [-0.2, 0) is 11.3 Å². The summed E-state index contributed by atoms with van der Waals surface area (Å²) in [4.78, 5) is 20.9. The number of anilines is 1. The van der Waals surface area contributed by atoms with Crippen molar-refractivity contribution in [3.8, 4) is 11.5 Å². The molecule has 4 rings (SSSR count). The van der Waals surface area contributed by atoms with E-state index in [9.17, 15) is 4.79 Å². The van der Waals surface area contributed by atoms with Gasteiger partial charge in [0.25, 0.3) is 0 Å². The minimum atomic E-state index is -0.109. The summed E-state index contributed by atoms with van der Waals surface area (Å²) >= 11 is 1.31. The van der Waals surface area contributed by atoms with Gasteiger partial charge in [-0.05, 0) is 43.2 Å². The van der Waals surface area contributed by atoms with Crippen LogP contribution in [0.25, 0.3) is 11.5 Å². The molecule has 1 N–H and O–H groups in total. The number of aromatic nitrogens is 5. The number of rotatable bonds is 7. The summed E-state index contributed by atoms with van der Waals surface area (Å²) in [5.41, 5.74) is 3.53. The van der Waals surface area contributed by atoms with E-state index in [0.717, 1.165) is 22.6 Å². The third-order valence-corrected chi connectivity index (χ3v) is 5.37. The topological polar surface area (TPSA) is 98.7 Å². The van der Waals surface area contributed by atoms with E-state index in [0.29, 0.717) is 23.2 Å². The summed E-state index contributed by atoms with van der Waals surface area (Å²) in [5, 5.41) is 12.1. The van der Waals surface area contributed by atoms with Gasteiger partial charge < -0.3 is 9.73 Å². The first-order valence-electron chi connectivity index (χ1n) is 9.32. The minimum Gasteiger partial charge on any atom is -0.467 e. The maximum absolute atomic E-state index is 12.5. The molecule has 0 atom stereocenters. The minimum absolute atomic E-state index is 0.109. The van der Waals surface area contributed by atoms with E-state index in [-0.39, 0.29) is 11.7 Å². The Morgan fingerprint density at radius 3 is 2.87 bits per heavy atom. The fraction of sp³-hybridized carbons (Fsp3) is 0.190. The van der Waals surface area contributed by atoms with Crippen LogP contribution < -0.4 is 5.32 Å². The largest absolute Gasteiger partial charge is 0.467 e. The number of aryl methyl sites for hydroxylation is 2. The van der Waals surface area contributed by atoms with E-state index in [2.05, 4.69) is 25.5 Å². The van der Waals surface area contributed by atoms with Gasteiger partial charge in [-0.25, -0.2) is 4.98 Å². The third-order valence-electron chi connectivity index (χ3n) is 4.40. The quantitative estimate of drug-likeness (QED) is 0.455. The van der Waals surface area contributed by atoms with Gasteiger partial charge in [0.2, 0.25) is 5.91 Å². The Morgan fingerprint density at radius 1 is 1.20 bits per heavy atom. The first-order valence-corrected chi connectivity index (χ1v) is 10.3. The van der Waals surface area contributed by atoms with Gasteiger partial charge in [0.15, 0.2) is 11.0 Å². The van der Waals surface area contributed by atoms with Gasteiger partial charge in [-0.1, -0.05) is 23.9 Å². The zero-order chi connectivity index (χ0) is 20.9. The van der Waals surface area contributed by atoms with Crippen molar-refractivity contribution in [1.29, 1.82) is 0 Å². The molecule has 0 saturated heterocycles. The number of carbonyl (C=O) groups is 1. The number of hydrogen-bond donors (Lipinski definition) is 1. The van der Waals surface area contributed by atoms with Gasteiger partial charge >= 0.3 is 0 Å². The first-order chi connectivity index (χ1) is 14.6. The van der Waals surface area contributed by atoms with Crippen molar-refractivity contribution in [1.82, 2.24) is 24.7 Å². The van der Waals surface area contributed by atoms with Gasteiger partial charge in [-0.2, -0.15) is 0 Å². The number of hydrogen-bond acceptors (Lipinski definition) is 7. The Labute approximate surface area is 177 Å². The van der Waals surface area contributed by atoms with E-state index in [1.807, 2.05) is 48.7 Å². The summed E-state index contributed by atoms with van der Waals surface area (Å²) in [6, 6.07) is 9.67. The van der Waals surface area contributed by atoms with E-state index >= 15 is 0 Å². The Hall–Kier alpha value is -3.46. The zero-order valence-corrected chi connectivity index (χ0v) is 17.4. The van der Waals surface area contributed by atoms with E-state index in [1.54, 1.807) is 24.9 Å². The lowest BCUT2D eigenvalue weighted by atomic mass is 10.1. The Balaban J connectivity index is 1.52. The number of nitrogens with one attached hydrogen (secondary N) is 1. The van der Waals surface area contributed by atoms with Crippen LogP contribution in [0.5, 0.6) is 0 Å². The fourth-order valence-electron chi connectivity index (χ4n) is 2.89. The van der Waals surface area contributed by atoms with Gasteiger partial charge in [0, 0.05) is 18.1 Å². The zero-order valence-electron chi connectivity index (χ0n) is 16.6. The second-order valence-corrected chi connectivity index (χ2v) is 7.66. The molecule has 0 bridgehead atoms. The van der Waals surface area contributed by atoms with Crippen molar-refractivity contribution in [2.75, 3.05) is 11.1 Å². The Morgan fingerprint density at radius 2 is 2.10 bits per heavy atom. The number of carbonyl (C=O) groups excluding carboxylic acids is 1. The van der Waals surface area contributed by atoms with Gasteiger partial charge in [0.05, 0.1) is 24.8 Å². The van der Waals surface area contributed by atoms with Gasteiger partial charge in [-0.3, -0.25) is 14.3 Å². The van der Waals surface area contributed by atoms with Crippen molar-refractivity contribution in [3.05, 3.63) is 72.1 Å². The maximum Gasteiger partial charge on any atom is 0.234 e. The molecule has 3 aromatic heterocycles. The molecule has 3 heterocycles. The van der Waals surface area contributed by atoms with E-state index in [1.165, 1.54) is 11.8 Å². The molecule has 152 valence electrons. The third kappa shape index (κ3) is 4.57. The van der Waals surface area contributed by atoms with Crippen molar-refractivity contribution in [2.45, 2.75) is 25.5 Å². The predicted molar refractivity (Wildman–Crippen MR) is 114 cm³/mol. The number of thioether (sulfide) groups is 1. The molecule has 0 spiro atoms. The molecule has 0 radical (unpaired) electrons. The van der Waals surface area contributed by atoms with Crippen LogP contribution in [-0.4, -0.2) is 36.4 Å². The average molecular weight is 420 g/mol.